The lowest BCUT2D eigenvalue weighted by molar-refractivity contribution is -0.114. The van der Waals surface area contributed by atoms with Crippen molar-refractivity contribution in [2.45, 2.75) is 6.92 Å². The van der Waals surface area contributed by atoms with E-state index in [0.29, 0.717) is 5.69 Å². The maximum Gasteiger partial charge on any atom is 0.238 e. The van der Waals surface area contributed by atoms with Crippen molar-refractivity contribution in [1.29, 1.82) is 0 Å². The lowest BCUT2D eigenvalue weighted by Gasteiger charge is -2.02. The van der Waals surface area contributed by atoms with E-state index in [1.807, 2.05) is 20.0 Å². The lowest BCUT2D eigenvalue weighted by atomic mass is 10.2. The minimum Gasteiger partial charge on any atom is -0.324 e. The van der Waals surface area contributed by atoms with Crippen molar-refractivity contribution >= 4 is 22.6 Å². The molecule has 3 N–H and O–H groups in total. The number of aromatic nitrogens is 3. The van der Waals surface area contributed by atoms with Crippen LogP contribution in [0.1, 0.15) is 5.69 Å². The third kappa shape index (κ3) is 1.74. The normalized spacial score (nSPS) is 10.7. The number of pyridine rings is 1. The van der Waals surface area contributed by atoms with Gasteiger partial charge < -0.3 is 11.1 Å². The molecule has 0 unspecified atom stereocenters. The summed E-state index contributed by atoms with van der Waals surface area (Å²) in [6.07, 6.45) is 1.59. The highest BCUT2D eigenvalue weighted by Gasteiger charge is 2.07. The summed E-state index contributed by atoms with van der Waals surface area (Å²) >= 11 is 0. The molecule has 2 aromatic heterocycles. The molecule has 2 heterocycles. The molecule has 1 amide bonds. The van der Waals surface area contributed by atoms with Crippen LogP contribution in [0, 0.1) is 6.92 Å². The standard InChI is InChI=1S/C10H13N5O/c1-6-8-3-7(13-9(16)4-11)5-12-10(8)15(2)14-6/h3,5H,4,11H2,1-2H3,(H,13,16). The Hall–Kier alpha value is -1.95. The van der Waals surface area contributed by atoms with Crippen molar-refractivity contribution in [3.63, 3.8) is 0 Å². The molecule has 6 heteroatoms. The van der Waals surface area contributed by atoms with Crippen LogP contribution in [0.5, 0.6) is 0 Å². The van der Waals surface area contributed by atoms with Gasteiger partial charge in [-0.1, -0.05) is 0 Å². The second-order valence-electron chi connectivity index (χ2n) is 3.56. The molecule has 0 saturated heterocycles. The minimum absolute atomic E-state index is 0.0376. The van der Waals surface area contributed by atoms with Crippen LogP contribution in [-0.2, 0) is 11.8 Å². The van der Waals surface area contributed by atoms with Crippen LogP contribution in [0.25, 0.3) is 11.0 Å². The zero-order chi connectivity index (χ0) is 11.7. The van der Waals surface area contributed by atoms with Gasteiger partial charge in [0.05, 0.1) is 24.1 Å². The molecule has 6 nitrogen and oxygen atoms in total. The summed E-state index contributed by atoms with van der Waals surface area (Å²) in [7, 11) is 1.83. The van der Waals surface area contributed by atoms with E-state index in [1.165, 1.54) is 0 Å². The molecule has 2 rings (SSSR count). The number of carbonyl (C=O) groups excluding carboxylic acids is 1. The lowest BCUT2D eigenvalue weighted by Crippen LogP contribution is -2.21. The maximum atomic E-state index is 11.1. The Morgan fingerprint density at radius 2 is 2.38 bits per heavy atom. The quantitative estimate of drug-likeness (QED) is 0.754. The van der Waals surface area contributed by atoms with Crippen molar-refractivity contribution < 1.29 is 4.79 Å². The number of rotatable bonds is 2. The van der Waals surface area contributed by atoms with Crippen molar-refractivity contribution in [3.05, 3.63) is 18.0 Å². The van der Waals surface area contributed by atoms with Gasteiger partial charge in [-0.15, -0.1) is 0 Å². The summed E-state index contributed by atoms with van der Waals surface area (Å²) in [6, 6.07) is 1.85. The molecule has 0 aliphatic heterocycles. The molecule has 0 radical (unpaired) electrons. The highest BCUT2D eigenvalue weighted by Crippen LogP contribution is 2.18. The predicted molar refractivity (Wildman–Crippen MR) is 60.9 cm³/mol. The summed E-state index contributed by atoms with van der Waals surface area (Å²) < 4.78 is 1.71. The minimum atomic E-state index is -0.234. The summed E-state index contributed by atoms with van der Waals surface area (Å²) in [6.45, 7) is 1.86. The summed E-state index contributed by atoms with van der Waals surface area (Å²) in [4.78, 5) is 15.4. The number of carbonyl (C=O) groups is 1. The van der Waals surface area contributed by atoms with Gasteiger partial charge in [0, 0.05) is 12.4 Å². The van der Waals surface area contributed by atoms with E-state index in [2.05, 4.69) is 15.4 Å². The van der Waals surface area contributed by atoms with E-state index in [1.54, 1.807) is 10.9 Å². The molecule has 0 bridgehead atoms. The van der Waals surface area contributed by atoms with Gasteiger partial charge in [0.2, 0.25) is 5.91 Å². The number of anilines is 1. The molecule has 16 heavy (non-hydrogen) atoms. The Labute approximate surface area is 92.5 Å². The first-order chi connectivity index (χ1) is 7.61. The molecule has 0 aliphatic carbocycles. The molecular formula is C10H13N5O. The van der Waals surface area contributed by atoms with Crippen LogP contribution in [0.2, 0.25) is 0 Å². The number of aryl methyl sites for hydroxylation is 2. The number of amides is 1. The zero-order valence-corrected chi connectivity index (χ0v) is 9.19. The smallest absolute Gasteiger partial charge is 0.238 e. The number of fused-ring (bicyclic) bond motifs is 1. The fourth-order valence-corrected chi connectivity index (χ4v) is 1.59. The molecule has 0 spiro atoms. The van der Waals surface area contributed by atoms with Crippen LogP contribution in [-0.4, -0.2) is 27.2 Å². The van der Waals surface area contributed by atoms with E-state index in [-0.39, 0.29) is 12.5 Å². The monoisotopic (exact) mass is 219 g/mol. The molecule has 0 atom stereocenters. The molecule has 84 valence electrons. The third-order valence-electron chi connectivity index (χ3n) is 2.33. The first-order valence-electron chi connectivity index (χ1n) is 4.91. The first kappa shape index (κ1) is 10.6. The van der Waals surface area contributed by atoms with Crippen molar-refractivity contribution in [1.82, 2.24) is 14.8 Å². The van der Waals surface area contributed by atoms with Gasteiger partial charge in [0.15, 0.2) is 5.65 Å². The highest BCUT2D eigenvalue weighted by atomic mass is 16.1. The fraction of sp³-hybridized carbons (Fsp3) is 0.300. The first-order valence-corrected chi connectivity index (χ1v) is 4.91. The molecule has 0 fully saturated rings. The van der Waals surface area contributed by atoms with Gasteiger partial charge in [0.1, 0.15) is 0 Å². The number of hydrogen-bond donors (Lipinski definition) is 2. The van der Waals surface area contributed by atoms with Crippen LogP contribution in [0.4, 0.5) is 5.69 Å². The average molecular weight is 219 g/mol. The number of nitrogens with one attached hydrogen (secondary N) is 1. The molecule has 0 saturated carbocycles. The Balaban J connectivity index is 2.43. The summed E-state index contributed by atoms with van der Waals surface area (Å²) in [5.74, 6) is -0.234. The van der Waals surface area contributed by atoms with Gasteiger partial charge in [-0.2, -0.15) is 5.10 Å². The van der Waals surface area contributed by atoms with Crippen LogP contribution in [0.3, 0.4) is 0 Å². The van der Waals surface area contributed by atoms with Crippen molar-refractivity contribution in [2.75, 3.05) is 11.9 Å². The second-order valence-corrected chi connectivity index (χ2v) is 3.56. The van der Waals surface area contributed by atoms with Gasteiger partial charge in [-0.05, 0) is 13.0 Å². The molecule has 2 aromatic rings. The Bertz CT molecular complexity index is 545. The SMILES string of the molecule is Cc1nn(C)c2ncc(NC(=O)CN)cc12. The van der Waals surface area contributed by atoms with E-state index in [4.69, 9.17) is 5.73 Å². The number of nitrogens with zero attached hydrogens (tertiary/aromatic N) is 3. The summed E-state index contributed by atoms with van der Waals surface area (Å²) in [5, 5.41) is 7.83. The van der Waals surface area contributed by atoms with Gasteiger partial charge >= 0.3 is 0 Å². The van der Waals surface area contributed by atoms with Gasteiger partial charge in [-0.3, -0.25) is 9.48 Å². The largest absolute Gasteiger partial charge is 0.324 e. The second kappa shape index (κ2) is 3.90. The third-order valence-corrected chi connectivity index (χ3v) is 2.33. The van der Waals surface area contributed by atoms with E-state index < -0.39 is 0 Å². The highest BCUT2D eigenvalue weighted by molar-refractivity contribution is 5.94. The van der Waals surface area contributed by atoms with Gasteiger partial charge in [-0.25, -0.2) is 4.98 Å². The Morgan fingerprint density at radius 3 is 3.06 bits per heavy atom. The van der Waals surface area contributed by atoms with Crippen LogP contribution >= 0.6 is 0 Å². The van der Waals surface area contributed by atoms with E-state index >= 15 is 0 Å². The average Bonchev–Trinajstić information content (AvgIpc) is 2.54. The van der Waals surface area contributed by atoms with Crippen LogP contribution < -0.4 is 11.1 Å². The molecule has 0 aromatic carbocycles. The number of hydrogen-bond acceptors (Lipinski definition) is 4. The summed E-state index contributed by atoms with van der Waals surface area (Å²) in [5.41, 5.74) is 7.53. The fourth-order valence-electron chi connectivity index (χ4n) is 1.59. The Kier molecular flexibility index (Phi) is 2.57. The molecular weight excluding hydrogens is 206 g/mol. The number of nitrogens with two attached hydrogens (primary N) is 1. The van der Waals surface area contributed by atoms with Crippen molar-refractivity contribution in [2.24, 2.45) is 12.8 Å². The van der Waals surface area contributed by atoms with Gasteiger partial charge in [0.25, 0.3) is 0 Å². The topological polar surface area (TPSA) is 85.8 Å². The zero-order valence-electron chi connectivity index (χ0n) is 9.19. The van der Waals surface area contributed by atoms with Crippen LogP contribution in [0.15, 0.2) is 12.3 Å². The predicted octanol–water partition coefficient (Wildman–Crippen LogP) is 0.174. The van der Waals surface area contributed by atoms with Crippen molar-refractivity contribution in [3.8, 4) is 0 Å². The van der Waals surface area contributed by atoms with E-state index in [0.717, 1.165) is 16.7 Å². The van der Waals surface area contributed by atoms with E-state index in [9.17, 15) is 4.79 Å². The molecule has 0 aliphatic rings. The Morgan fingerprint density at radius 1 is 1.62 bits per heavy atom. The maximum absolute atomic E-state index is 11.1.